The predicted molar refractivity (Wildman–Crippen MR) is 67.7 cm³/mol. The van der Waals surface area contributed by atoms with Gasteiger partial charge in [0.2, 0.25) is 5.91 Å². The number of nitro groups is 1. The van der Waals surface area contributed by atoms with Gasteiger partial charge in [-0.15, -0.1) is 0 Å². The van der Waals surface area contributed by atoms with Crippen molar-refractivity contribution in [3.05, 3.63) is 32.8 Å². The van der Waals surface area contributed by atoms with E-state index < -0.39 is 11.0 Å². The summed E-state index contributed by atoms with van der Waals surface area (Å²) < 4.78 is 0.311. The van der Waals surface area contributed by atoms with Crippen molar-refractivity contribution in [1.82, 2.24) is 0 Å². The van der Waals surface area contributed by atoms with Crippen LogP contribution in [0.3, 0.4) is 0 Å². The average Bonchev–Trinajstić information content (AvgIpc) is 2.27. The minimum absolute atomic E-state index is 0.0530. The van der Waals surface area contributed by atoms with E-state index >= 15 is 0 Å². The van der Waals surface area contributed by atoms with Crippen molar-refractivity contribution in [2.45, 2.75) is 19.4 Å². The molecule has 1 aromatic carbocycles. The van der Waals surface area contributed by atoms with Gasteiger partial charge in [-0.25, -0.2) is 0 Å². The van der Waals surface area contributed by atoms with Crippen LogP contribution in [0.5, 0.6) is 0 Å². The lowest BCUT2D eigenvalue weighted by Crippen LogP contribution is -2.34. The summed E-state index contributed by atoms with van der Waals surface area (Å²) >= 11 is 3.07. The summed E-state index contributed by atoms with van der Waals surface area (Å²) in [6.07, 6.45) is 0.528. The van der Waals surface area contributed by atoms with Crippen LogP contribution in [0.2, 0.25) is 0 Å². The molecular weight excluding hydrogens is 290 g/mol. The summed E-state index contributed by atoms with van der Waals surface area (Å²) in [6.45, 7) is 1.80. The topological polar surface area (TPSA) is 98.3 Å². The van der Waals surface area contributed by atoms with Gasteiger partial charge in [-0.05, 0) is 34.5 Å². The third-order valence-electron chi connectivity index (χ3n) is 2.19. The summed E-state index contributed by atoms with van der Waals surface area (Å²) in [5.74, 6) is -0.312. The highest BCUT2D eigenvalue weighted by atomic mass is 79.9. The van der Waals surface area contributed by atoms with E-state index in [1.165, 1.54) is 18.2 Å². The normalized spacial score (nSPS) is 11.9. The fraction of sp³-hybridized carbons (Fsp3) is 0.300. The number of halogens is 1. The second kappa shape index (κ2) is 5.74. The molecule has 17 heavy (non-hydrogen) atoms. The molecule has 0 aliphatic heterocycles. The van der Waals surface area contributed by atoms with E-state index in [-0.39, 0.29) is 11.6 Å². The van der Waals surface area contributed by atoms with Gasteiger partial charge in [0.25, 0.3) is 5.69 Å². The lowest BCUT2D eigenvalue weighted by atomic mass is 10.2. The number of nitrogens with zero attached hydrogens (tertiary/aromatic N) is 1. The van der Waals surface area contributed by atoms with Gasteiger partial charge >= 0.3 is 0 Å². The quantitative estimate of drug-likeness (QED) is 0.656. The summed E-state index contributed by atoms with van der Waals surface area (Å²) in [6, 6.07) is 3.67. The Bertz CT molecular complexity index is 450. The predicted octanol–water partition coefficient (Wildman–Crippen LogP) is 2.03. The van der Waals surface area contributed by atoms with Gasteiger partial charge < -0.3 is 11.1 Å². The van der Waals surface area contributed by atoms with Crippen molar-refractivity contribution in [1.29, 1.82) is 0 Å². The zero-order chi connectivity index (χ0) is 13.0. The number of anilines is 1. The van der Waals surface area contributed by atoms with Gasteiger partial charge in [-0.1, -0.05) is 6.92 Å². The molecule has 1 amide bonds. The molecule has 1 unspecified atom stereocenters. The highest BCUT2D eigenvalue weighted by molar-refractivity contribution is 9.10. The first-order valence-corrected chi connectivity index (χ1v) is 5.75. The van der Waals surface area contributed by atoms with Gasteiger partial charge in [0.15, 0.2) is 0 Å². The number of hydrogen-bond donors (Lipinski definition) is 2. The smallest absolute Gasteiger partial charge is 0.283 e. The standard InChI is InChI=1S/C10H12BrN3O3/c1-2-8(12)10(15)13-6-3-4-9(14(16)17)7(11)5-6/h3-5,8H,2,12H2,1H3,(H,13,15). The van der Waals surface area contributed by atoms with Crippen molar-refractivity contribution in [3.63, 3.8) is 0 Å². The molecule has 1 aromatic rings. The summed E-state index contributed by atoms with van der Waals surface area (Å²) in [7, 11) is 0. The maximum atomic E-state index is 11.5. The van der Waals surface area contributed by atoms with Crippen LogP contribution in [0.15, 0.2) is 22.7 Å². The van der Waals surface area contributed by atoms with Crippen LogP contribution in [-0.4, -0.2) is 16.9 Å². The van der Waals surface area contributed by atoms with Crippen molar-refractivity contribution in [3.8, 4) is 0 Å². The molecule has 7 heteroatoms. The minimum Gasteiger partial charge on any atom is -0.325 e. The number of carbonyl (C=O) groups is 1. The number of benzene rings is 1. The lowest BCUT2D eigenvalue weighted by Gasteiger charge is -2.10. The highest BCUT2D eigenvalue weighted by Crippen LogP contribution is 2.27. The van der Waals surface area contributed by atoms with Crippen LogP contribution in [0.1, 0.15) is 13.3 Å². The number of rotatable bonds is 4. The molecule has 0 fully saturated rings. The molecule has 0 aliphatic carbocycles. The van der Waals surface area contributed by atoms with Crippen LogP contribution >= 0.6 is 15.9 Å². The van der Waals surface area contributed by atoms with Crippen LogP contribution in [0.25, 0.3) is 0 Å². The van der Waals surface area contributed by atoms with Crippen molar-refractivity contribution < 1.29 is 9.72 Å². The number of nitro benzene ring substituents is 1. The second-order valence-electron chi connectivity index (χ2n) is 3.43. The second-order valence-corrected chi connectivity index (χ2v) is 4.28. The Morgan fingerprint density at radius 3 is 2.76 bits per heavy atom. The fourth-order valence-corrected chi connectivity index (χ4v) is 1.68. The first-order chi connectivity index (χ1) is 7.95. The monoisotopic (exact) mass is 301 g/mol. The highest BCUT2D eigenvalue weighted by Gasteiger charge is 2.14. The Labute approximate surface area is 106 Å². The van der Waals surface area contributed by atoms with Gasteiger partial charge in [-0.2, -0.15) is 0 Å². The first-order valence-electron chi connectivity index (χ1n) is 4.96. The SMILES string of the molecule is CCC(N)C(=O)Nc1ccc([N+](=O)[O-])c(Br)c1. The number of nitrogens with two attached hydrogens (primary N) is 1. The van der Waals surface area contributed by atoms with Crippen molar-refractivity contribution in [2.24, 2.45) is 5.73 Å². The Morgan fingerprint density at radius 2 is 2.29 bits per heavy atom. The molecule has 0 saturated carbocycles. The Kier molecular flexibility index (Phi) is 4.59. The molecule has 6 nitrogen and oxygen atoms in total. The Morgan fingerprint density at radius 1 is 1.65 bits per heavy atom. The zero-order valence-electron chi connectivity index (χ0n) is 9.14. The zero-order valence-corrected chi connectivity index (χ0v) is 10.7. The van der Waals surface area contributed by atoms with E-state index in [1.807, 2.05) is 0 Å². The van der Waals surface area contributed by atoms with Gasteiger partial charge in [-0.3, -0.25) is 14.9 Å². The van der Waals surface area contributed by atoms with E-state index in [9.17, 15) is 14.9 Å². The lowest BCUT2D eigenvalue weighted by molar-refractivity contribution is -0.385. The number of nitrogens with one attached hydrogen (secondary N) is 1. The molecule has 92 valence electrons. The van der Waals surface area contributed by atoms with Gasteiger partial charge in [0.1, 0.15) is 0 Å². The molecule has 0 saturated heterocycles. The summed E-state index contributed by atoms with van der Waals surface area (Å²) in [4.78, 5) is 21.6. The Balaban J connectivity index is 2.84. The van der Waals surface area contributed by atoms with E-state index in [4.69, 9.17) is 5.73 Å². The number of hydrogen-bond acceptors (Lipinski definition) is 4. The summed E-state index contributed by atoms with van der Waals surface area (Å²) in [5.41, 5.74) is 5.96. The van der Waals surface area contributed by atoms with Crippen LogP contribution < -0.4 is 11.1 Å². The van der Waals surface area contributed by atoms with Gasteiger partial charge in [0.05, 0.1) is 15.4 Å². The molecule has 0 heterocycles. The van der Waals surface area contributed by atoms with Gasteiger partial charge in [0, 0.05) is 11.8 Å². The maximum Gasteiger partial charge on any atom is 0.283 e. The molecule has 0 bridgehead atoms. The molecule has 3 N–H and O–H groups in total. The molecule has 0 radical (unpaired) electrons. The first kappa shape index (κ1) is 13.6. The van der Waals surface area contributed by atoms with E-state index in [0.717, 1.165) is 0 Å². The van der Waals surface area contributed by atoms with Crippen LogP contribution in [0, 0.1) is 10.1 Å². The number of amides is 1. The average molecular weight is 302 g/mol. The van der Waals surface area contributed by atoms with Crippen molar-refractivity contribution >= 4 is 33.2 Å². The third kappa shape index (κ3) is 3.50. The van der Waals surface area contributed by atoms with Crippen LogP contribution in [-0.2, 0) is 4.79 Å². The molecular formula is C10H12BrN3O3. The fourth-order valence-electron chi connectivity index (χ4n) is 1.15. The van der Waals surface area contributed by atoms with Crippen molar-refractivity contribution in [2.75, 3.05) is 5.32 Å². The number of carbonyl (C=O) groups excluding carboxylic acids is 1. The molecule has 1 rings (SSSR count). The van der Waals surface area contributed by atoms with E-state index in [1.54, 1.807) is 6.92 Å². The maximum absolute atomic E-state index is 11.5. The van der Waals surface area contributed by atoms with E-state index in [0.29, 0.717) is 16.6 Å². The van der Waals surface area contributed by atoms with E-state index in [2.05, 4.69) is 21.2 Å². The Hall–Kier alpha value is -1.47. The molecule has 0 aliphatic rings. The molecule has 0 aromatic heterocycles. The third-order valence-corrected chi connectivity index (χ3v) is 2.82. The minimum atomic E-state index is -0.580. The largest absolute Gasteiger partial charge is 0.325 e. The van der Waals surface area contributed by atoms with Crippen LogP contribution in [0.4, 0.5) is 11.4 Å². The molecule has 0 spiro atoms. The molecule has 1 atom stereocenters. The summed E-state index contributed by atoms with van der Waals surface area (Å²) in [5, 5.41) is 13.2.